The van der Waals surface area contributed by atoms with Crippen molar-refractivity contribution in [3.8, 4) is 5.88 Å². The number of ether oxygens (including phenoxy) is 2. The van der Waals surface area contributed by atoms with E-state index in [9.17, 15) is 0 Å². The lowest BCUT2D eigenvalue weighted by molar-refractivity contribution is -0.0119. The van der Waals surface area contributed by atoms with Crippen LogP contribution >= 0.6 is 0 Å². The molecular formula is C12H18N2O2. The number of nitrogens with two attached hydrogens (primary N) is 1. The minimum absolute atomic E-state index is 0.220. The third-order valence-corrected chi connectivity index (χ3v) is 2.73. The van der Waals surface area contributed by atoms with Crippen molar-refractivity contribution in [1.29, 1.82) is 0 Å². The number of nitrogens with zero attached hydrogens (tertiary/aromatic N) is 1. The third kappa shape index (κ3) is 3.18. The van der Waals surface area contributed by atoms with Gasteiger partial charge in [0.05, 0.1) is 6.10 Å². The van der Waals surface area contributed by atoms with Crippen LogP contribution in [0.4, 0.5) is 0 Å². The summed E-state index contributed by atoms with van der Waals surface area (Å²) in [7, 11) is 0. The van der Waals surface area contributed by atoms with Crippen molar-refractivity contribution >= 4 is 0 Å². The van der Waals surface area contributed by atoms with Crippen LogP contribution in [0.3, 0.4) is 0 Å². The Balaban J connectivity index is 1.83. The predicted octanol–water partition coefficient (Wildman–Crippen LogP) is 1.49. The van der Waals surface area contributed by atoms with Gasteiger partial charge >= 0.3 is 0 Å². The van der Waals surface area contributed by atoms with Crippen LogP contribution in [0.5, 0.6) is 5.88 Å². The summed E-state index contributed by atoms with van der Waals surface area (Å²) >= 11 is 0. The highest BCUT2D eigenvalue weighted by Crippen LogP contribution is 2.15. The standard InChI is InChI=1S/C12H18N2O2/c13-8-10-4-5-14-12(7-10)16-9-11-3-1-2-6-15-11/h4-5,7,11H,1-3,6,8-9,13H2. The third-order valence-electron chi connectivity index (χ3n) is 2.73. The molecular weight excluding hydrogens is 204 g/mol. The second-order valence-electron chi connectivity index (χ2n) is 4.01. The number of pyridine rings is 1. The summed E-state index contributed by atoms with van der Waals surface area (Å²) in [4.78, 5) is 4.14. The van der Waals surface area contributed by atoms with Gasteiger partial charge in [0, 0.05) is 25.4 Å². The molecule has 0 amide bonds. The van der Waals surface area contributed by atoms with Crippen molar-refractivity contribution in [3.05, 3.63) is 23.9 Å². The van der Waals surface area contributed by atoms with Crippen molar-refractivity contribution in [2.75, 3.05) is 13.2 Å². The zero-order chi connectivity index (χ0) is 11.2. The van der Waals surface area contributed by atoms with E-state index in [4.69, 9.17) is 15.2 Å². The molecule has 4 heteroatoms. The molecule has 2 heterocycles. The van der Waals surface area contributed by atoms with Crippen molar-refractivity contribution in [2.45, 2.75) is 31.9 Å². The van der Waals surface area contributed by atoms with E-state index in [2.05, 4.69) is 4.98 Å². The molecule has 0 spiro atoms. The first-order valence-electron chi connectivity index (χ1n) is 5.78. The zero-order valence-corrected chi connectivity index (χ0v) is 9.39. The van der Waals surface area contributed by atoms with Gasteiger partial charge in [0.15, 0.2) is 0 Å². The Bertz CT molecular complexity index is 325. The van der Waals surface area contributed by atoms with E-state index in [1.165, 1.54) is 6.42 Å². The molecule has 1 aliphatic rings. The average Bonchev–Trinajstić information content (AvgIpc) is 2.38. The summed E-state index contributed by atoms with van der Waals surface area (Å²) in [5, 5.41) is 0. The minimum atomic E-state index is 0.220. The van der Waals surface area contributed by atoms with Crippen LogP contribution in [-0.4, -0.2) is 24.3 Å². The first-order valence-corrected chi connectivity index (χ1v) is 5.78. The van der Waals surface area contributed by atoms with E-state index in [0.717, 1.165) is 25.0 Å². The first-order chi connectivity index (χ1) is 7.88. The first kappa shape index (κ1) is 11.4. The Morgan fingerprint density at radius 1 is 1.50 bits per heavy atom. The van der Waals surface area contributed by atoms with Gasteiger partial charge in [-0.1, -0.05) is 0 Å². The fourth-order valence-corrected chi connectivity index (χ4v) is 1.77. The van der Waals surface area contributed by atoms with Crippen LogP contribution in [-0.2, 0) is 11.3 Å². The van der Waals surface area contributed by atoms with Gasteiger partial charge in [-0.05, 0) is 30.9 Å². The second-order valence-corrected chi connectivity index (χ2v) is 4.01. The van der Waals surface area contributed by atoms with Crippen LogP contribution < -0.4 is 10.5 Å². The molecule has 1 aliphatic heterocycles. The second kappa shape index (κ2) is 5.82. The van der Waals surface area contributed by atoms with E-state index >= 15 is 0 Å². The highest BCUT2D eigenvalue weighted by atomic mass is 16.5. The van der Waals surface area contributed by atoms with Gasteiger partial charge in [-0.3, -0.25) is 0 Å². The molecule has 1 fully saturated rings. The number of rotatable bonds is 4. The molecule has 1 aromatic rings. The molecule has 4 nitrogen and oxygen atoms in total. The molecule has 0 radical (unpaired) electrons. The molecule has 88 valence electrons. The number of aromatic nitrogens is 1. The summed E-state index contributed by atoms with van der Waals surface area (Å²) < 4.78 is 11.2. The molecule has 0 saturated carbocycles. The predicted molar refractivity (Wildman–Crippen MR) is 61.2 cm³/mol. The van der Waals surface area contributed by atoms with E-state index in [-0.39, 0.29) is 6.10 Å². The van der Waals surface area contributed by atoms with Crippen molar-refractivity contribution in [1.82, 2.24) is 4.98 Å². The van der Waals surface area contributed by atoms with Crippen molar-refractivity contribution in [2.24, 2.45) is 5.73 Å². The summed E-state index contributed by atoms with van der Waals surface area (Å²) in [6.07, 6.45) is 5.41. The smallest absolute Gasteiger partial charge is 0.213 e. The molecule has 0 aliphatic carbocycles. The van der Waals surface area contributed by atoms with Gasteiger partial charge in [-0.2, -0.15) is 0 Å². The van der Waals surface area contributed by atoms with Gasteiger partial charge in [-0.15, -0.1) is 0 Å². The Kier molecular flexibility index (Phi) is 4.13. The van der Waals surface area contributed by atoms with Crippen molar-refractivity contribution in [3.63, 3.8) is 0 Å². The van der Waals surface area contributed by atoms with Gasteiger partial charge in [0.25, 0.3) is 0 Å². The van der Waals surface area contributed by atoms with Crippen molar-refractivity contribution < 1.29 is 9.47 Å². The average molecular weight is 222 g/mol. The lowest BCUT2D eigenvalue weighted by atomic mass is 10.1. The summed E-state index contributed by atoms with van der Waals surface area (Å²) in [5.74, 6) is 0.636. The highest BCUT2D eigenvalue weighted by Gasteiger charge is 2.14. The molecule has 2 N–H and O–H groups in total. The normalized spacial score (nSPS) is 20.7. The lowest BCUT2D eigenvalue weighted by Gasteiger charge is -2.22. The van der Waals surface area contributed by atoms with Gasteiger partial charge in [-0.25, -0.2) is 4.98 Å². The highest BCUT2D eigenvalue weighted by molar-refractivity contribution is 5.20. The maximum Gasteiger partial charge on any atom is 0.213 e. The molecule has 1 atom stereocenters. The summed E-state index contributed by atoms with van der Waals surface area (Å²) in [5.41, 5.74) is 6.59. The van der Waals surface area contributed by atoms with E-state index in [1.54, 1.807) is 6.20 Å². The molecule has 0 bridgehead atoms. The van der Waals surface area contributed by atoms with E-state index < -0.39 is 0 Å². The van der Waals surface area contributed by atoms with E-state index in [1.807, 2.05) is 12.1 Å². The Morgan fingerprint density at radius 2 is 2.44 bits per heavy atom. The molecule has 1 aromatic heterocycles. The molecule has 0 aromatic carbocycles. The maximum atomic E-state index is 5.60. The van der Waals surface area contributed by atoms with Gasteiger partial charge in [0.2, 0.25) is 5.88 Å². The quantitative estimate of drug-likeness (QED) is 0.838. The van der Waals surface area contributed by atoms with Crippen LogP contribution in [0.15, 0.2) is 18.3 Å². The molecule has 16 heavy (non-hydrogen) atoms. The maximum absolute atomic E-state index is 5.60. The number of hydrogen-bond acceptors (Lipinski definition) is 4. The Morgan fingerprint density at radius 3 is 3.19 bits per heavy atom. The molecule has 1 unspecified atom stereocenters. The minimum Gasteiger partial charge on any atom is -0.475 e. The topological polar surface area (TPSA) is 57.4 Å². The Labute approximate surface area is 95.8 Å². The fourth-order valence-electron chi connectivity index (χ4n) is 1.77. The van der Waals surface area contributed by atoms with Crippen LogP contribution in [0, 0.1) is 0 Å². The summed E-state index contributed by atoms with van der Waals surface area (Å²) in [6.45, 7) is 1.95. The van der Waals surface area contributed by atoms with Crippen LogP contribution in [0.1, 0.15) is 24.8 Å². The SMILES string of the molecule is NCc1ccnc(OCC2CCCCO2)c1. The molecule has 2 rings (SSSR count). The van der Waals surface area contributed by atoms with Gasteiger partial charge in [0.1, 0.15) is 6.61 Å². The van der Waals surface area contributed by atoms with Crippen LogP contribution in [0.25, 0.3) is 0 Å². The zero-order valence-electron chi connectivity index (χ0n) is 9.39. The molecule has 1 saturated heterocycles. The largest absolute Gasteiger partial charge is 0.475 e. The Hall–Kier alpha value is -1.13. The summed E-state index contributed by atoms with van der Waals surface area (Å²) in [6, 6.07) is 3.77. The van der Waals surface area contributed by atoms with Crippen LogP contribution in [0.2, 0.25) is 0 Å². The monoisotopic (exact) mass is 222 g/mol. The van der Waals surface area contributed by atoms with Gasteiger partial charge < -0.3 is 15.2 Å². The number of hydrogen-bond donors (Lipinski definition) is 1. The van der Waals surface area contributed by atoms with E-state index in [0.29, 0.717) is 19.0 Å². The fraction of sp³-hybridized carbons (Fsp3) is 0.583. The lowest BCUT2D eigenvalue weighted by Crippen LogP contribution is -2.26.